The van der Waals surface area contributed by atoms with Crippen LogP contribution in [0.2, 0.25) is 0 Å². The lowest BCUT2D eigenvalue weighted by atomic mass is 10.2. The fourth-order valence-electron chi connectivity index (χ4n) is 2.11. The maximum absolute atomic E-state index is 5.83. The Kier molecular flexibility index (Phi) is 3.61. The second-order valence-electron chi connectivity index (χ2n) is 4.68. The summed E-state index contributed by atoms with van der Waals surface area (Å²) < 4.78 is 5.83. The van der Waals surface area contributed by atoms with Gasteiger partial charge in [0.15, 0.2) is 0 Å². The highest BCUT2D eigenvalue weighted by Gasteiger charge is 2.11. The lowest BCUT2D eigenvalue weighted by molar-refractivity contribution is 0.215. The van der Waals surface area contributed by atoms with Crippen LogP contribution in [0.5, 0.6) is 11.6 Å². The number of nitrogens with one attached hydrogen (secondary N) is 1. The summed E-state index contributed by atoms with van der Waals surface area (Å²) in [7, 11) is 1.44. The second-order valence-corrected chi connectivity index (χ2v) is 4.68. The van der Waals surface area contributed by atoms with Gasteiger partial charge in [0, 0.05) is 17.1 Å². The Labute approximate surface area is 126 Å². The van der Waals surface area contributed by atoms with Crippen LogP contribution >= 0.6 is 0 Å². The van der Waals surface area contributed by atoms with Gasteiger partial charge in [0.2, 0.25) is 5.88 Å². The molecule has 3 rings (SSSR count). The highest BCUT2D eigenvalue weighted by molar-refractivity contribution is 5.88. The Hall–Kier alpha value is -3.09. The van der Waals surface area contributed by atoms with Crippen molar-refractivity contribution in [3.8, 4) is 11.6 Å². The van der Waals surface area contributed by atoms with E-state index in [-0.39, 0.29) is 5.82 Å². The topological polar surface area (TPSA) is 98.4 Å². The molecule has 0 atom stereocenters. The number of nitrogens with zero attached hydrogens (tertiary/aromatic N) is 3. The largest absolute Gasteiger partial charge is 0.438 e. The molecule has 0 amide bonds. The first-order chi connectivity index (χ1) is 10.7. The summed E-state index contributed by atoms with van der Waals surface area (Å²) in [6, 6.07) is 5.75. The smallest absolute Gasteiger partial charge is 0.233 e. The van der Waals surface area contributed by atoms with Gasteiger partial charge in [-0.1, -0.05) is 5.16 Å². The number of H-pyrrole nitrogens is 1. The average molecular weight is 297 g/mol. The van der Waals surface area contributed by atoms with Crippen molar-refractivity contribution < 1.29 is 9.57 Å². The van der Waals surface area contributed by atoms with Gasteiger partial charge in [0.25, 0.3) is 0 Å². The molecule has 0 fully saturated rings. The number of fused-ring (bicyclic) bond motifs is 1. The van der Waals surface area contributed by atoms with Gasteiger partial charge in [-0.2, -0.15) is 0 Å². The molecular formula is C15H15N5O2. The van der Waals surface area contributed by atoms with Gasteiger partial charge < -0.3 is 20.3 Å². The molecule has 0 aliphatic rings. The average Bonchev–Trinajstić information content (AvgIpc) is 2.88. The minimum Gasteiger partial charge on any atom is -0.438 e. The van der Waals surface area contributed by atoms with E-state index in [1.807, 2.05) is 31.3 Å². The molecule has 0 saturated heterocycles. The quantitative estimate of drug-likeness (QED) is 0.569. The van der Waals surface area contributed by atoms with E-state index in [4.69, 9.17) is 10.5 Å². The number of ether oxygens (including phenoxy) is 1. The molecular weight excluding hydrogens is 282 g/mol. The molecule has 0 saturated carbocycles. The molecule has 7 heteroatoms. The first-order valence-corrected chi connectivity index (χ1v) is 6.61. The zero-order valence-electron chi connectivity index (χ0n) is 12.2. The zero-order valence-corrected chi connectivity index (χ0v) is 12.2. The summed E-state index contributed by atoms with van der Waals surface area (Å²) in [6.07, 6.45) is 4.72. The van der Waals surface area contributed by atoms with Crippen LogP contribution in [-0.4, -0.2) is 28.3 Å². The normalized spacial score (nSPS) is 11.2. The van der Waals surface area contributed by atoms with E-state index in [1.54, 1.807) is 0 Å². The highest BCUT2D eigenvalue weighted by atomic mass is 16.6. The predicted molar refractivity (Wildman–Crippen MR) is 84.2 cm³/mol. The summed E-state index contributed by atoms with van der Waals surface area (Å²) in [6.45, 7) is 2.03. The Balaban J connectivity index is 1.99. The first-order valence-electron chi connectivity index (χ1n) is 6.61. The van der Waals surface area contributed by atoms with Crippen LogP contribution in [0.1, 0.15) is 11.1 Å². The summed E-state index contributed by atoms with van der Waals surface area (Å²) in [5.74, 6) is 1.24. The third-order valence-corrected chi connectivity index (χ3v) is 3.24. The number of nitrogens with two attached hydrogens (primary N) is 1. The van der Waals surface area contributed by atoms with Crippen LogP contribution < -0.4 is 10.5 Å². The minimum atomic E-state index is 0.268. The van der Waals surface area contributed by atoms with Gasteiger partial charge in [-0.15, -0.1) is 0 Å². The number of benzene rings is 1. The fraction of sp³-hybridized carbons (Fsp3) is 0.133. The monoisotopic (exact) mass is 297 g/mol. The molecule has 0 aliphatic heterocycles. The van der Waals surface area contributed by atoms with Gasteiger partial charge in [0.05, 0.1) is 6.21 Å². The highest BCUT2D eigenvalue weighted by Crippen LogP contribution is 2.28. The lowest BCUT2D eigenvalue weighted by Crippen LogP contribution is -2.02. The number of aryl methyl sites for hydroxylation is 1. The standard InChI is InChI=1S/C15H15N5O2/c1-9-6-17-13-4-3-10(5-11(9)13)22-15-12(7-20-21-2)14(16)18-8-19-15/h3-8,17H,1-2H3,(H2,16,18,19)/b20-7+. The zero-order chi connectivity index (χ0) is 15.5. The summed E-state index contributed by atoms with van der Waals surface area (Å²) in [4.78, 5) is 15.9. The molecule has 0 unspecified atom stereocenters. The number of oxime groups is 1. The van der Waals surface area contributed by atoms with E-state index in [2.05, 4.69) is 24.9 Å². The van der Waals surface area contributed by atoms with Crippen molar-refractivity contribution in [1.82, 2.24) is 15.0 Å². The molecule has 0 radical (unpaired) electrons. The van der Waals surface area contributed by atoms with Crippen LogP contribution in [0.4, 0.5) is 5.82 Å². The third kappa shape index (κ3) is 2.56. The van der Waals surface area contributed by atoms with Crippen molar-refractivity contribution in [2.45, 2.75) is 6.92 Å². The third-order valence-electron chi connectivity index (χ3n) is 3.24. The Morgan fingerprint density at radius 2 is 2.18 bits per heavy atom. The number of aromatic nitrogens is 3. The van der Waals surface area contributed by atoms with Crippen molar-refractivity contribution in [3.63, 3.8) is 0 Å². The van der Waals surface area contributed by atoms with E-state index in [0.29, 0.717) is 17.2 Å². The first kappa shape index (κ1) is 13.9. The Morgan fingerprint density at radius 1 is 1.32 bits per heavy atom. The van der Waals surface area contributed by atoms with Gasteiger partial charge in [0.1, 0.15) is 30.6 Å². The molecule has 2 heterocycles. The van der Waals surface area contributed by atoms with Crippen LogP contribution in [0, 0.1) is 6.92 Å². The Bertz CT molecular complexity index is 841. The van der Waals surface area contributed by atoms with E-state index in [0.717, 1.165) is 16.5 Å². The molecule has 0 spiro atoms. The predicted octanol–water partition coefficient (Wildman–Crippen LogP) is 2.62. The SMILES string of the molecule is CO/N=C/c1c(N)ncnc1Oc1ccc2[nH]cc(C)c2c1. The maximum Gasteiger partial charge on any atom is 0.233 e. The molecule has 0 bridgehead atoms. The molecule has 1 aromatic carbocycles. The van der Waals surface area contributed by atoms with Crippen molar-refractivity contribution in [2.24, 2.45) is 5.16 Å². The molecule has 112 valence electrons. The molecule has 3 N–H and O–H groups in total. The molecule has 3 aromatic rings. The molecule has 0 aliphatic carbocycles. The van der Waals surface area contributed by atoms with Crippen molar-refractivity contribution in [1.29, 1.82) is 0 Å². The van der Waals surface area contributed by atoms with E-state index in [9.17, 15) is 0 Å². The molecule has 2 aromatic heterocycles. The van der Waals surface area contributed by atoms with E-state index < -0.39 is 0 Å². The molecule has 22 heavy (non-hydrogen) atoms. The fourth-order valence-corrected chi connectivity index (χ4v) is 2.11. The Morgan fingerprint density at radius 3 is 3.00 bits per heavy atom. The summed E-state index contributed by atoms with van der Waals surface area (Å²) >= 11 is 0. The maximum atomic E-state index is 5.83. The number of hydrogen-bond donors (Lipinski definition) is 2. The van der Waals surface area contributed by atoms with Crippen LogP contribution in [0.25, 0.3) is 10.9 Å². The second kappa shape index (κ2) is 5.72. The summed E-state index contributed by atoms with van der Waals surface area (Å²) in [5, 5.41) is 4.78. The van der Waals surface area contributed by atoms with Crippen LogP contribution in [0.15, 0.2) is 35.9 Å². The lowest BCUT2D eigenvalue weighted by Gasteiger charge is -2.08. The molecule has 7 nitrogen and oxygen atoms in total. The van der Waals surface area contributed by atoms with Crippen molar-refractivity contribution in [2.75, 3.05) is 12.8 Å². The number of aromatic amines is 1. The number of nitrogen functional groups attached to an aromatic ring is 1. The number of anilines is 1. The van der Waals surface area contributed by atoms with Gasteiger partial charge >= 0.3 is 0 Å². The van der Waals surface area contributed by atoms with E-state index >= 15 is 0 Å². The van der Waals surface area contributed by atoms with Crippen LogP contribution in [0.3, 0.4) is 0 Å². The van der Waals surface area contributed by atoms with Crippen molar-refractivity contribution in [3.05, 3.63) is 41.9 Å². The van der Waals surface area contributed by atoms with Gasteiger partial charge in [-0.25, -0.2) is 9.97 Å². The van der Waals surface area contributed by atoms with Crippen molar-refractivity contribution >= 4 is 22.9 Å². The number of rotatable bonds is 4. The van der Waals surface area contributed by atoms with Gasteiger partial charge in [-0.05, 0) is 30.7 Å². The number of hydrogen-bond acceptors (Lipinski definition) is 6. The van der Waals surface area contributed by atoms with Gasteiger partial charge in [-0.3, -0.25) is 0 Å². The van der Waals surface area contributed by atoms with E-state index in [1.165, 1.54) is 19.7 Å². The summed E-state index contributed by atoms with van der Waals surface area (Å²) in [5.41, 5.74) is 8.49. The van der Waals surface area contributed by atoms with Crippen LogP contribution in [-0.2, 0) is 4.84 Å². The minimum absolute atomic E-state index is 0.268.